The molecular formula is C18H22N2O. The Morgan fingerprint density at radius 2 is 1.90 bits per heavy atom. The molecule has 3 nitrogen and oxygen atoms in total. The van der Waals surface area contributed by atoms with Gasteiger partial charge in [-0.25, -0.2) is 0 Å². The first-order chi connectivity index (χ1) is 10.0. The molecule has 3 rings (SSSR count). The van der Waals surface area contributed by atoms with E-state index in [0.717, 1.165) is 28.9 Å². The lowest BCUT2D eigenvalue weighted by molar-refractivity contribution is -0.0165. The van der Waals surface area contributed by atoms with Crippen LogP contribution >= 0.6 is 0 Å². The van der Waals surface area contributed by atoms with Gasteiger partial charge in [-0.3, -0.25) is 5.32 Å². The summed E-state index contributed by atoms with van der Waals surface area (Å²) in [7, 11) is 0. The molecule has 1 aliphatic heterocycles. The van der Waals surface area contributed by atoms with E-state index in [4.69, 9.17) is 10.5 Å². The van der Waals surface area contributed by atoms with Crippen LogP contribution in [0.5, 0.6) is 0 Å². The molecule has 2 aromatic rings. The average molecular weight is 282 g/mol. The second kappa shape index (κ2) is 5.17. The summed E-state index contributed by atoms with van der Waals surface area (Å²) in [6.07, 6.45) is 0.144. The van der Waals surface area contributed by atoms with Crippen molar-refractivity contribution in [1.29, 1.82) is 0 Å². The third kappa shape index (κ3) is 2.33. The SMILES string of the molecule is Cc1cc(C)c(N)c(C2(c3ccccc3)NCC(C)O2)c1. The summed E-state index contributed by atoms with van der Waals surface area (Å²) in [4.78, 5) is 0. The van der Waals surface area contributed by atoms with Crippen molar-refractivity contribution in [2.45, 2.75) is 32.6 Å². The number of hydrogen-bond acceptors (Lipinski definition) is 3. The van der Waals surface area contributed by atoms with Gasteiger partial charge in [0.2, 0.25) is 0 Å². The van der Waals surface area contributed by atoms with Gasteiger partial charge >= 0.3 is 0 Å². The quantitative estimate of drug-likeness (QED) is 0.832. The lowest BCUT2D eigenvalue weighted by Crippen LogP contribution is -2.40. The van der Waals surface area contributed by atoms with Crippen molar-refractivity contribution in [3.05, 3.63) is 64.7 Å². The molecule has 3 N–H and O–H groups in total. The zero-order chi connectivity index (χ0) is 15.0. The van der Waals surface area contributed by atoms with E-state index in [0.29, 0.717) is 0 Å². The molecule has 0 bridgehead atoms. The lowest BCUT2D eigenvalue weighted by Gasteiger charge is -2.32. The first-order valence-electron chi connectivity index (χ1n) is 7.38. The second-order valence-electron chi connectivity index (χ2n) is 5.90. The predicted molar refractivity (Wildman–Crippen MR) is 86.1 cm³/mol. The molecule has 1 aliphatic rings. The highest BCUT2D eigenvalue weighted by molar-refractivity contribution is 5.60. The molecule has 2 atom stereocenters. The molecule has 3 heteroatoms. The van der Waals surface area contributed by atoms with Crippen LogP contribution in [-0.2, 0) is 10.5 Å². The molecule has 2 unspecified atom stereocenters. The first kappa shape index (κ1) is 14.1. The van der Waals surface area contributed by atoms with Crippen LogP contribution in [0.2, 0.25) is 0 Å². The maximum absolute atomic E-state index is 6.38. The highest BCUT2D eigenvalue weighted by atomic mass is 16.5. The summed E-state index contributed by atoms with van der Waals surface area (Å²) in [5.41, 5.74) is 10.9. The molecule has 1 fully saturated rings. The highest BCUT2D eigenvalue weighted by Gasteiger charge is 2.43. The number of ether oxygens (including phenoxy) is 1. The minimum Gasteiger partial charge on any atom is -0.398 e. The molecule has 1 heterocycles. The zero-order valence-electron chi connectivity index (χ0n) is 12.8. The molecule has 21 heavy (non-hydrogen) atoms. The number of benzene rings is 2. The first-order valence-corrected chi connectivity index (χ1v) is 7.38. The minimum absolute atomic E-state index is 0.144. The number of nitrogen functional groups attached to an aromatic ring is 1. The molecule has 1 saturated heterocycles. The molecule has 2 aromatic carbocycles. The second-order valence-corrected chi connectivity index (χ2v) is 5.90. The van der Waals surface area contributed by atoms with Crippen LogP contribution in [0.3, 0.4) is 0 Å². The van der Waals surface area contributed by atoms with Crippen molar-refractivity contribution < 1.29 is 4.74 Å². The Kier molecular flexibility index (Phi) is 3.47. The van der Waals surface area contributed by atoms with Crippen LogP contribution in [0.4, 0.5) is 5.69 Å². The van der Waals surface area contributed by atoms with Gasteiger partial charge in [-0.05, 0) is 32.4 Å². The molecule has 0 spiro atoms. The van der Waals surface area contributed by atoms with Crippen LogP contribution in [0.25, 0.3) is 0 Å². The number of hydrogen-bond donors (Lipinski definition) is 2. The normalized spacial score (nSPS) is 25.2. The number of nitrogens with one attached hydrogen (secondary N) is 1. The summed E-state index contributed by atoms with van der Waals surface area (Å²) >= 11 is 0. The van der Waals surface area contributed by atoms with Crippen molar-refractivity contribution in [1.82, 2.24) is 5.32 Å². The van der Waals surface area contributed by atoms with Gasteiger partial charge < -0.3 is 10.5 Å². The Morgan fingerprint density at radius 3 is 2.52 bits per heavy atom. The largest absolute Gasteiger partial charge is 0.398 e. The molecule has 0 radical (unpaired) electrons. The maximum Gasteiger partial charge on any atom is 0.174 e. The Morgan fingerprint density at radius 1 is 1.19 bits per heavy atom. The van der Waals surface area contributed by atoms with Gasteiger partial charge in [0.05, 0.1) is 6.10 Å². The van der Waals surface area contributed by atoms with Gasteiger partial charge in [0, 0.05) is 23.4 Å². The number of nitrogens with two attached hydrogens (primary N) is 1. The molecule has 0 saturated carbocycles. The number of aryl methyl sites for hydroxylation is 2. The maximum atomic E-state index is 6.38. The van der Waals surface area contributed by atoms with Crippen LogP contribution < -0.4 is 11.1 Å². The molecule has 110 valence electrons. The van der Waals surface area contributed by atoms with E-state index in [-0.39, 0.29) is 6.10 Å². The van der Waals surface area contributed by atoms with E-state index in [1.807, 2.05) is 25.1 Å². The predicted octanol–water partition coefficient (Wildman–Crippen LogP) is 3.10. The molecular weight excluding hydrogens is 260 g/mol. The van der Waals surface area contributed by atoms with E-state index >= 15 is 0 Å². The van der Waals surface area contributed by atoms with E-state index in [9.17, 15) is 0 Å². The Hall–Kier alpha value is -1.84. The topological polar surface area (TPSA) is 47.3 Å². The van der Waals surface area contributed by atoms with Crippen LogP contribution in [0.15, 0.2) is 42.5 Å². The summed E-state index contributed by atoms with van der Waals surface area (Å²) in [6, 6.07) is 14.5. The van der Waals surface area contributed by atoms with Crippen molar-refractivity contribution in [3.63, 3.8) is 0 Å². The Labute approximate surface area is 126 Å². The van der Waals surface area contributed by atoms with Gasteiger partial charge in [-0.15, -0.1) is 0 Å². The van der Waals surface area contributed by atoms with Crippen molar-refractivity contribution >= 4 is 5.69 Å². The van der Waals surface area contributed by atoms with Crippen LogP contribution in [-0.4, -0.2) is 12.6 Å². The van der Waals surface area contributed by atoms with Gasteiger partial charge in [-0.1, -0.05) is 42.0 Å². The molecule has 0 aromatic heterocycles. The monoisotopic (exact) mass is 282 g/mol. The summed E-state index contributed by atoms with van der Waals surface area (Å²) in [5, 5.41) is 3.55. The van der Waals surface area contributed by atoms with Gasteiger partial charge in [0.25, 0.3) is 0 Å². The van der Waals surface area contributed by atoms with Crippen LogP contribution in [0.1, 0.15) is 29.2 Å². The van der Waals surface area contributed by atoms with E-state index in [1.54, 1.807) is 0 Å². The summed E-state index contributed by atoms with van der Waals surface area (Å²) in [5.74, 6) is 0. The Bertz CT molecular complexity index is 654. The number of anilines is 1. The zero-order valence-corrected chi connectivity index (χ0v) is 12.8. The standard InChI is InChI=1S/C18H22N2O/c1-12-9-13(2)17(19)16(10-12)18(20-11-14(3)21-18)15-7-5-4-6-8-15/h4-10,14,20H,11,19H2,1-3H3. The van der Waals surface area contributed by atoms with Crippen molar-refractivity contribution in [3.8, 4) is 0 Å². The fourth-order valence-electron chi connectivity index (χ4n) is 3.10. The molecule has 0 amide bonds. The molecule has 0 aliphatic carbocycles. The third-order valence-electron chi connectivity index (χ3n) is 4.11. The summed E-state index contributed by atoms with van der Waals surface area (Å²) < 4.78 is 6.32. The third-order valence-corrected chi connectivity index (χ3v) is 4.11. The minimum atomic E-state index is -0.651. The van der Waals surface area contributed by atoms with Crippen LogP contribution in [0, 0.1) is 13.8 Å². The Balaban J connectivity index is 2.23. The van der Waals surface area contributed by atoms with E-state index in [1.165, 1.54) is 5.56 Å². The lowest BCUT2D eigenvalue weighted by atomic mass is 9.90. The van der Waals surface area contributed by atoms with Gasteiger partial charge in [0.15, 0.2) is 5.72 Å². The van der Waals surface area contributed by atoms with Crippen molar-refractivity contribution in [2.75, 3.05) is 12.3 Å². The van der Waals surface area contributed by atoms with Crippen molar-refractivity contribution in [2.24, 2.45) is 0 Å². The number of rotatable bonds is 2. The fourth-order valence-corrected chi connectivity index (χ4v) is 3.10. The fraction of sp³-hybridized carbons (Fsp3) is 0.333. The van der Waals surface area contributed by atoms with Gasteiger partial charge in [-0.2, -0.15) is 0 Å². The van der Waals surface area contributed by atoms with E-state index in [2.05, 4.69) is 43.4 Å². The van der Waals surface area contributed by atoms with Gasteiger partial charge in [0.1, 0.15) is 0 Å². The smallest absolute Gasteiger partial charge is 0.174 e. The highest BCUT2D eigenvalue weighted by Crippen LogP contribution is 2.40. The summed E-state index contributed by atoms with van der Waals surface area (Å²) in [6.45, 7) is 7.02. The average Bonchev–Trinajstić information content (AvgIpc) is 2.87. The van der Waals surface area contributed by atoms with E-state index < -0.39 is 5.72 Å².